The summed E-state index contributed by atoms with van der Waals surface area (Å²) < 4.78 is 5.37. The van der Waals surface area contributed by atoms with E-state index < -0.39 is 6.04 Å². The molecule has 0 radical (unpaired) electrons. The van der Waals surface area contributed by atoms with Gasteiger partial charge in [-0.25, -0.2) is 0 Å². The average molecular weight is 257 g/mol. The summed E-state index contributed by atoms with van der Waals surface area (Å²) in [4.78, 5) is 13.9. The first kappa shape index (κ1) is 15.4. The molecule has 2 atom stereocenters. The quantitative estimate of drug-likeness (QED) is 0.713. The summed E-state index contributed by atoms with van der Waals surface area (Å²) in [5.74, 6) is 0.544. The van der Waals surface area contributed by atoms with Gasteiger partial charge in [-0.1, -0.05) is 13.8 Å². The highest BCUT2D eigenvalue weighted by Gasteiger charge is 2.22. The number of nitrogens with zero attached hydrogens (tertiary/aromatic N) is 1. The second kappa shape index (κ2) is 7.71. The fraction of sp³-hybridized carbons (Fsp3) is 0.923. The topological polar surface area (TPSA) is 67.6 Å². The summed E-state index contributed by atoms with van der Waals surface area (Å²) in [5, 5.41) is 2.94. The van der Waals surface area contributed by atoms with Gasteiger partial charge in [0.15, 0.2) is 0 Å². The molecule has 1 amide bonds. The molecule has 1 fully saturated rings. The highest BCUT2D eigenvalue weighted by molar-refractivity contribution is 5.80. The number of carbonyl (C=O) groups is 1. The second-order valence-electron chi connectivity index (χ2n) is 5.47. The maximum absolute atomic E-state index is 11.5. The van der Waals surface area contributed by atoms with Crippen molar-refractivity contribution < 1.29 is 9.53 Å². The molecule has 1 aliphatic heterocycles. The molecular weight excluding hydrogens is 230 g/mol. The van der Waals surface area contributed by atoms with E-state index >= 15 is 0 Å². The van der Waals surface area contributed by atoms with Crippen LogP contribution in [-0.2, 0) is 9.53 Å². The van der Waals surface area contributed by atoms with Gasteiger partial charge in [0.25, 0.3) is 0 Å². The molecule has 0 aromatic rings. The predicted octanol–water partition coefficient (Wildman–Crippen LogP) is 0.197. The van der Waals surface area contributed by atoms with Gasteiger partial charge in [-0.3, -0.25) is 9.69 Å². The monoisotopic (exact) mass is 257 g/mol. The van der Waals surface area contributed by atoms with Crippen LogP contribution in [0.15, 0.2) is 0 Å². The van der Waals surface area contributed by atoms with Gasteiger partial charge in [0.05, 0.1) is 19.3 Å². The Balaban J connectivity index is 2.46. The number of hydrogen-bond donors (Lipinski definition) is 2. The van der Waals surface area contributed by atoms with Crippen LogP contribution in [0.3, 0.4) is 0 Å². The molecule has 1 rings (SSSR count). The molecule has 1 saturated heterocycles. The van der Waals surface area contributed by atoms with Crippen molar-refractivity contribution in [2.45, 2.75) is 39.3 Å². The number of hydrogen-bond acceptors (Lipinski definition) is 4. The molecule has 0 spiro atoms. The highest BCUT2D eigenvalue weighted by Crippen LogP contribution is 2.12. The smallest absolute Gasteiger partial charge is 0.236 e. The van der Waals surface area contributed by atoms with E-state index in [4.69, 9.17) is 10.5 Å². The molecule has 1 unspecified atom stereocenters. The molecule has 1 heterocycles. The molecule has 0 saturated carbocycles. The predicted molar refractivity (Wildman–Crippen MR) is 72.3 cm³/mol. The van der Waals surface area contributed by atoms with Gasteiger partial charge in [-0.15, -0.1) is 0 Å². The second-order valence-corrected chi connectivity index (χ2v) is 5.47. The molecule has 1 aliphatic rings. The zero-order valence-electron chi connectivity index (χ0n) is 11.8. The summed E-state index contributed by atoms with van der Waals surface area (Å²) >= 11 is 0. The molecule has 0 aromatic carbocycles. The van der Waals surface area contributed by atoms with E-state index in [0.717, 1.165) is 32.7 Å². The SMILES string of the molecule is CC(C)CC(CNC(=O)[C@H](C)N)N1CCOCC1. The van der Waals surface area contributed by atoms with Crippen LogP contribution in [0.5, 0.6) is 0 Å². The fourth-order valence-electron chi connectivity index (χ4n) is 2.23. The van der Waals surface area contributed by atoms with E-state index in [2.05, 4.69) is 24.1 Å². The van der Waals surface area contributed by atoms with Crippen molar-refractivity contribution in [3.8, 4) is 0 Å². The molecule has 0 aromatic heterocycles. The molecule has 5 heteroatoms. The fourth-order valence-corrected chi connectivity index (χ4v) is 2.23. The molecule has 106 valence electrons. The molecule has 18 heavy (non-hydrogen) atoms. The van der Waals surface area contributed by atoms with Crippen molar-refractivity contribution in [3.63, 3.8) is 0 Å². The summed E-state index contributed by atoms with van der Waals surface area (Å²) in [6.45, 7) is 10.3. The minimum atomic E-state index is -0.436. The first-order valence-corrected chi connectivity index (χ1v) is 6.85. The Bertz CT molecular complexity index is 251. The minimum Gasteiger partial charge on any atom is -0.379 e. The zero-order valence-corrected chi connectivity index (χ0v) is 11.8. The van der Waals surface area contributed by atoms with E-state index in [1.54, 1.807) is 6.92 Å². The molecule has 3 N–H and O–H groups in total. The molecule has 0 aliphatic carbocycles. The third kappa shape index (κ3) is 5.33. The Labute approximate surface area is 110 Å². The lowest BCUT2D eigenvalue weighted by Gasteiger charge is -2.35. The van der Waals surface area contributed by atoms with Crippen LogP contribution in [0.1, 0.15) is 27.2 Å². The Kier molecular flexibility index (Phi) is 6.60. The highest BCUT2D eigenvalue weighted by atomic mass is 16.5. The summed E-state index contributed by atoms with van der Waals surface area (Å²) in [7, 11) is 0. The van der Waals surface area contributed by atoms with Crippen molar-refractivity contribution in [1.82, 2.24) is 10.2 Å². The lowest BCUT2D eigenvalue weighted by molar-refractivity contribution is -0.122. The van der Waals surface area contributed by atoms with Gasteiger partial charge in [-0.2, -0.15) is 0 Å². The number of ether oxygens (including phenoxy) is 1. The lowest BCUT2D eigenvalue weighted by atomic mass is 10.0. The van der Waals surface area contributed by atoms with Crippen LogP contribution < -0.4 is 11.1 Å². The number of carbonyl (C=O) groups excluding carboxylic acids is 1. The van der Waals surface area contributed by atoms with Gasteiger partial charge < -0.3 is 15.8 Å². The van der Waals surface area contributed by atoms with Crippen LogP contribution >= 0.6 is 0 Å². The van der Waals surface area contributed by atoms with Crippen molar-refractivity contribution in [2.24, 2.45) is 11.7 Å². The Hall–Kier alpha value is -0.650. The van der Waals surface area contributed by atoms with E-state index in [0.29, 0.717) is 18.5 Å². The number of morpholine rings is 1. The number of nitrogens with two attached hydrogens (primary N) is 1. The molecular formula is C13H27N3O2. The lowest BCUT2D eigenvalue weighted by Crippen LogP contribution is -2.51. The summed E-state index contributed by atoms with van der Waals surface area (Å²) in [5.41, 5.74) is 5.56. The van der Waals surface area contributed by atoms with Crippen LogP contribution in [0.4, 0.5) is 0 Å². The minimum absolute atomic E-state index is 0.0722. The van der Waals surface area contributed by atoms with E-state index in [1.165, 1.54) is 0 Å². The van der Waals surface area contributed by atoms with Crippen LogP contribution in [0.25, 0.3) is 0 Å². The third-order valence-corrected chi connectivity index (χ3v) is 3.23. The Morgan fingerprint density at radius 2 is 1.94 bits per heavy atom. The van der Waals surface area contributed by atoms with Crippen molar-refractivity contribution >= 4 is 5.91 Å². The van der Waals surface area contributed by atoms with E-state index in [-0.39, 0.29) is 5.91 Å². The Morgan fingerprint density at radius 1 is 1.33 bits per heavy atom. The van der Waals surface area contributed by atoms with Crippen LogP contribution in [0.2, 0.25) is 0 Å². The van der Waals surface area contributed by atoms with Gasteiger partial charge in [-0.05, 0) is 19.3 Å². The third-order valence-electron chi connectivity index (χ3n) is 3.23. The first-order chi connectivity index (χ1) is 8.50. The number of rotatable bonds is 6. The van der Waals surface area contributed by atoms with E-state index in [9.17, 15) is 4.79 Å². The van der Waals surface area contributed by atoms with Gasteiger partial charge in [0.2, 0.25) is 5.91 Å². The van der Waals surface area contributed by atoms with Crippen LogP contribution in [0, 0.1) is 5.92 Å². The number of amides is 1. The molecule has 5 nitrogen and oxygen atoms in total. The summed E-state index contributed by atoms with van der Waals surface area (Å²) in [6.07, 6.45) is 1.08. The zero-order chi connectivity index (χ0) is 13.5. The maximum Gasteiger partial charge on any atom is 0.236 e. The van der Waals surface area contributed by atoms with Gasteiger partial charge in [0.1, 0.15) is 0 Å². The van der Waals surface area contributed by atoms with Crippen molar-refractivity contribution in [2.75, 3.05) is 32.8 Å². The average Bonchev–Trinajstić information content (AvgIpc) is 2.34. The van der Waals surface area contributed by atoms with E-state index in [1.807, 2.05) is 0 Å². The van der Waals surface area contributed by atoms with Crippen molar-refractivity contribution in [1.29, 1.82) is 0 Å². The summed E-state index contributed by atoms with van der Waals surface area (Å²) in [6, 6.07) is -0.0500. The van der Waals surface area contributed by atoms with Crippen LogP contribution in [-0.4, -0.2) is 55.7 Å². The van der Waals surface area contributed by atoms with Gasteiger partial charge in [0, 0.05) is 25.7 Å². The van der Waals surface area contributed by atoms with Crippen molar-refractivity contribution in [3.05, 3.63) is 0 Å². The first-order valence-electron chi connectivity index (χ1n) is 6.85. The van der Waals surface area contributed by atoms with Gasteiger partial charge >= 0.3 is 0 Å². The maximum atomic E-state index is 11.5. The Morgan fingerprint density at radius 3 is 2.44 bits per heavy atom. The standard InChI is InChI=1S/C13H27N3O2/c1-10(2)8-12(9-15-13(17)11(3)14)16-4-6-18-7-5-16/h10-12H,4-9,14H2,1-3H3,(H,15,17)/t11-,12?/m0/s1. The largest absolute Gasteiger partial charge is 0.379 e. The normalized spacial score (nSPS) is 20.7. The number of nitrogens with one attached hydrogen (secondary N) is 1. The molecule has 0 bridgehead atoms.